The minimum absolute atomic E-state index is 0.295. The van der Waals surface area contributed by atoms with E-state index in [9.17, 15) is 4.79 Å². The quantitative estimate of drug-likeness (QED) is 0.612. The Labute approximate surface area is 133 Å². The highest BCUT2D eigenvalue weighted by molar-refractivity contribution is 7.99. The van der Waals surface area contributed by atoms with Crippen molar-refractivity contribution >= 4 is 23.4 Å². The predicted octanol–water partition coefficient (Wildman–Crippen LogP) is 2.75. The molecule has 0 spiro atoms. The van der Waals surface area contributed by atoms with Crippen LogP contribution in [0.4, 0.5) is 0 Å². The van der Waals surface area contributed by atoms with Crippen molar-refractivity contribution in [2.45, 2.75) is 12.8 Å². The molecule has 1 heterocycles. The molecule has 22 heavy (non-hydrogen) atoms. The molecular weight excluding hydrogens is 306 g/mol. The number of rotatable bonds is 5. The summed E-state index contributed by atoms with van der Waals surface area (Å²) in [6.07, 6.45) is 1.71. The Balaban J connectivity index is 2.18. The van der Waals surface area contributed by atoms with Crippen molar-refractivity contribution in [3.63, 3.8) is 0 Å². The van der Waals surface area contributed by atoms with E-state index in [1.165, 1.54) is 21.3 Å². The molecule has 120 valence electrons. The molecule has 1 fully saturated rings. The Morgan fingerprint density at radius 3 is 2.14 bits per heavy atom. The van der Waals surface area contributed by atoms with Crippen molar-refractivity contribution in [1.29, 1.82) is 0 Å². The maximum atomic E-state index is 12.1. The third kappa shape index (κ3) is 3.85. The second kappa shape index (κ2) is 7.93. The third-order valence-corrected chi connectivity index (χ3v) is 4.21. The van der Waals surface area contributed by atoms with E-state index in [1.54, 1.807) is 12.1 Å². The third-order valence-electron chi connectivity index (χ3n) is 3.23. The van der Waals surface area contributed by atoms with Crippen LogP contribution in [0.5, 0.6) is 17.2 Å². The van der Waals surface area contributed by atoms with E-state index in [-0.39, 0.29) is 0 Å². The molecule has 1 aliphatic heterocycles. The van der Waals surface area contributed by atoms with Crippen molar-refractivity contribution in [3.05, 3.63) is 17.7 Å². The van der Waals surface area contributed by atoms with Gasteiger partial charge < -0.3 is 19.0 Å². The maximum absolute atomic E-state index is 12.1. The molecule has 1 saturated heterocycles. The zero-order valence-corrected chi connectivity index (χ0v) is 13.7. The lowest BCUT2D eigenvalue weighted by molar-refractivity contribution is 0.0513. The van der Waals surface area contributed by atoms with E-state index in [1.807, 2.05) is 11.8 Å². The molecule has 6 nitrogen and oxygen atoms in total. The summed E-state index contributed by atoms with van der Waals surface area (Å²) in [5.74, 6) is 2.70. The summed E-state index contributed by atoms with van der Waals surface area (Å²) in [5.41, 5.74) is 1.21. The summed E-state index contributed by atoms with van der Waals surface area (Å²) in [7, 11) is 4.49. The number of carbonyl (C=O) groups is 1. The van der Waals surface area contributed by atoms with Crippen LogP contribution in [0.1, 0.15) is 23.2 Å². The number of carbonyl (C=O) groups excluding carboxylic acids is 1. The molecule has 0 aromatic heterocycles. The lowest BCUT2D eigenvalue weighted by Crippen LogP contribution is -2.11. The Morgan fingerprint density at radius 2 is 1.64 bits per heavy atom. The first-order valence-corrected chi connectivity index (χ1v) is 8.00. The van der Waals surface area contributed by atoms with Crippen LogP contribution in [-0.2, 0) is 4.84 Å². The van der Waals surface area contributed by atoms with E-state index in [4.69, 9.17) is 19.0 Å². The van der Waals surface area contributed by atoms with Gasteiger partial charge in [0, 0.05) is 0 Å². The number of ether oxygens (including phenoxy) is 3. The molecule has 0 unspecified atom stereocenters. The van der Waals surface area contributed by atoms with Crippen molar-refractivity contribution in [1.82, 2.24) is 0 Å². The number of nitrogens with zero attached hydrogens (tertiary/aromatic N) is 1. The minimum Gasteiger partial charge on any atom is -0.493 e. The molecule has 0 N–H and O–H groups in total. The first-order valence-electron chi connectivity index (χ1n) is 6.84. The molecule has 0 saturated carbocycles. The van der Waals surface area contributed by atoms with Crippen LogP contribution < -0.4 is 14.2 Å². The fourth-order valence-electron chi connectivity index (χ4n) is 2.06. The van der Waals surface area contributed by atoms with E-state index < -0.39 is 5.97 Å². The van der Waals surface area contributed by atoms with Gasteiger partial charge in [0.1, 0.15) is 0 Å². The molecular formula is C15H19NO5S. The van der Waals surface area contributed by atoms with Crippen molar-refractivity contribution < 1.29 is 23.8 Å². The van der Waals surface area contributed by atoms with Gasteiger partial charge in [-0.05, 0) is 36.5 Å². The summed E-state index contributed by atoms with van der Waals surface area (Å²) in [6.45, 7) is 0. The van der Waals surface area contributed by atoms with Crippen LogP contribution in [0.25, 0.3) is 0 Å². The highest BCUT2D eigenvalue weighted by atomic mass is 32.2. The van der Waals surface area contributed by atoms with Crippen LogP contribution in [0, 0.1) is 0 Å². The molecule has 1 aliphatic rings. The summed E-state index contributed by atoms with van der Waals surface area (Å²) in [5, 5.41) is 3.95. The monoisotopic (exact) mass is 325 g/mol. The van der Waals surface area contributed by atoms with Gasteiger partial charge in [0.2, 0.25) is 5.75 Å². The second-order valence-electron chi connectivity index (χ2n) is 4.56. The van der Waals surface area contributed by atoms with Crippen molar-refractivity contribution in [3.8, 4) is 17.2 Å². The topological polar surface area (TPSA) is 66.4 Å². The van der Waals surface area contributed by atoms with Gasteiger partial charge in [-0.15, -0.1) is 0 Å². The van der Waals surface area contributed by atoms with E-state index in [0.717, 1.165) is 30.1 Å². The van der Waals surface area contributed by atoms with Gasteiger partial charge in [0.25, 0.3) is 0 Å². The van der Waals surface area contributed by atoms with E-state index in [0.29, 0.717) is 22.8 Å². The smallest absolute Gasteiger partial charge is 0.365 e. The van der Waals surface area contributed by atoms with E-state index >= 15 is 0 Å². The standard InChI is InChI=1S/C15H19NO5S/c1-18-12-8-10(9-13(19-2)14(12)20-3)15(17)21-16-11-4-6-22-7-5-11/h8-9H,4-7H2,1-3H3. The largest absolute Gasteiger partial charge is 0.493 e. The molecule has 1 aromatic carbocycles. The molecule has 0 bridgehead atoms. The van der Waals surface area contributed by atoms with Crippen LogP contribution >= 0.6 is 11.8 Å². The molecule has 2 rings (SSSR count). The molecule has 1 aromatic rings. The number of hydrogen-bond acceptors (Lipinski definition) is 7. The van der Waals surface area contributed by atoms with Gasteiger partial charge in [-0.2, -0.15) is 11.8 Å². The maximum Gasteiger partial charge on any atom is 0.365 e. The number of oxime groups is 1. The van der Waals surface area contributed by atoms with Crippen LogP contribution in [0.15, 0.2) is 17.3 Å². The lowest BCUT2D eigenvalue weighted by atomic mass is 10.2. The molecule has 0 aliphatic carbocycles. The van der Waals surface area contributed by atoms with Gasteiger partial charge in [-0.25, -0.2) is 4.79 Å². The zero-order valence-electron chi connectivity index (χ0n) is 12.9. The number of methoxy groups -OCH3 is 3. The molecule has 0 atom stereocenters. The highest BCUT2D eigenvalue weighted by Crippen LogP contribution is 2.38. The first kappa shape index (κ1) is 16.5. The van der Waals surface area contributed by atoms with Crippen LogP contribution in [0.3, 0.4) is 0 Å². The van der Waals surface area contributed by atoms with Gasteiger partial charge in [-0.1, -0.05) is 5.16 Å². The average Bonchev–Trinajstić information content (AvgIpc) is 2.59. The van der Waals surface area contributed by atoms with Crippen molar-refractivity contribution in [2.75, 3.05) is 32.8 Å². The van der Waals surface area contributed by atoms with Gasteiger partial charge in [0.15, 0.2) is 11.5 Å². The predicted molar refractivity (Wildman–Crippen MR) is 85.5 cm³/mol. The SMILES string of the molecule is COc1cc(C(=O)ON=C2CCSCC2)cc(OC)c1OC. The normalized spacial score (nSPS) is 14.2. The summed E-state index contributed by atoms with van der Waals surface area (Å²) in [6, 6.07) is 3.08. The van der Waals surface area contributed by atoms with E-state index in [2.05, 4.69) is 5.16 Å². The second-order valence-corrected chi connectivity index (χ2v) is 5.79. The summed E-state index contributed by atoms with van der Waals surface area (Å²) in [4.78, 5) is 17.2. The zero-order chi connectivity index (χ0) is 15.9. The average molecular weight is 325 g/mol. The Kier molecular flexibility index (Phi) is 5.94. The summed E-state index contributed by atoms with van der Waals surface area (Å²) >= 11 is 1.87. The fraction of sp³-hybridized carbons (Fsp3) is 0.467. The molecule has 7 heteroatoms. The van der Waals surface area contributed by atoms with Crippen LogP contribution in [0.2, 0.25) is 0 Å². The van der Waals surface area contributed by atoms with Gasteiger partial charge in [-0.3, -0.25) is 0 Å². The van der Waals surface area contributed by atoms with Crippen LogP contribution in [-0.4, -0.2) is 44.5 Å². The Hall–Kier alpha value is -1.89. The highest BCUT2D eigenvalue weighted by Gasteiger charge is 2.18. The lowest BCUT2D eigenvalue weighted by Gasteiger charge is -2.13. The Morgan fingerprint density at radius 1 is 1.05 bits per heavy atom. The van der Waals surface area contributed by atoms with Gasteiger partial charge in [0.05, 0.1) is 32.6 Å². The number of thioether (sulfide) groups is 1. The number of hydrogen-bond donors (Lipinski definition) is 0. The molecule has 0 radical (unpaired) electrons. The Bertz CT molecular complexity index is 540. The van der Waals surface area contributed by atoms with Gasteiger partial charge >= 0.3 is 5.97 Å². The summed E-state index contributed by atoms with van der Waals surface area (Å²) < 4.78 is 15.6. The van der Waals surface area contributed by atoms with Crippen molar-refractivity contribution in [2.24, 2.45) is 5.16 Å². The minimum atomic E-state index is -0.551. The first-order chi connectivity index (χ1) is 10.7. The number of benzene rings is 1. The fourth-order valence-corrected chi connectivity index (χ4v) is 3.02. The molecule has 0 amide bonds.